The van der Waals surface area contributed by atoms with Gasteiger partial charge in [-0.25, -0.2) is 15.0 Å². The standard InChI is InChI=1S/C25H24N4O6S/c1-2-34-25(33)21(30)28-27-13-17-14-36-23-18(26)22(31)29(23)19(17)24(32)35-20(15-9-5-3-6-10-15)16-11-7-4-8-12-16/h3-13,18,20,23H,2,14,26H2,1H3,(H,28,30)/t18?,23-/m1/s1. The molecule has 0 aromatic heterocycles. The second-order valence-electron chi connectivity index (χ2n) is 7.84. The third-order valence-corrected chi connectivity index (χ3v) is 6.83. The number of nitrogens with zero attached hydrogens (tertiary/aromatic N) is 2. The zero-order chi connectivity index (χ0) is 25.7. The van der Waals surface area contributed by atoms with E-state index in [0.717, 1.165) is 11.1 Å². The molecule has 2 aliphatic rings. The Morgan fingerprint density at radius 1 is 1.14 bits per heavy atom. The quantitative estimate of drug-likeness (QED) is 0.188. The third kappa shape index (κ3) is 5.16. The highest BCUT2D eigenvalue weighted by Gasteiger charge is 2.52. The first-order valence-electron chi connectivity index (χ1n) is 11.2. The molecule has 4 rings (SSSR count). The summed E-state index contributed by atoms with van der Waals surface area (Å²) in [7, 11) is 0. The largest absolute Gasteiger partial charge is 0.459 e. The van der Waals surface area contributed by atoms with Crippen LogP contribution in [0.4, 0.5) is 0 Å². The van der Waals surface area contributed by atoms with Crippen LogP contribution in [0.2, 0.25) is 0 Å². The third-order valence-electron chi connectivity index (χ3n) is 5.51. The predicted molar refractivity (Wildman–Crippen MR) is 132 cm³/mol. The van der Waals surface area contributed by atoms with Crippen LogP contribution < -0.4 is 11.2 Å². The average Bonchev–Trinajstić information content (AvgIpc) is 2.91. The number of esters is 2. The van der Waals surface area contributed by atoms with Gasteiger partial charge in [-0.05, 0) is 18.1 Å². The van der Waals surface area contributed by atoms with E-state index in [1.165, 1.54) is 22.9 Å². The molecule has 1 saturated heterocycles. The lowest BCUT2D eigenvalue weighted by Gasteiger charge is -2.48. The maximum Gasteiger partial charge on any atom is 0.398 e. The van der Waals surface area contributed by atoms with Crippen molar-refractivity contribution in [2.75, 3.05) is 12.4 Å². The number of hydrazone groups is 1. The van der Waals surface area contributed by atoms with Crippen molar-refractivity contribution in [1.82, 2.24) is 10.3 Å². The molecule has 186 valence electrons. The number of carbonyl (C=O) groups excluding carboxylic acids is 4. The highest BCUT2D eigenvalue weighted by Crippen LogP contribution is 2.40. The van der Waals surface area contributed by atoms with Gasteiger partial charge in [0.2, 0.25) is 5.91 Å². The van der Waals surface area contributed by atoms with Crippen molar-refractivity contribution < 1.29 is 28.7 Å². The van der Waals surface area contributed by atoms with Crippen molar-refractivity contribution in [1.29, 1.82) is 0 Å². The first-order valence-corrected chi connectivity index (χ1v) is 12.2. The van der Waals surface area contributed by atoms with Gasteiger partial charge in [0.1, 0.15) is 17.1 Å². The maximum absolute atomic E-state index is 13.6. The number of benzene rings is 2. The Kier molecular flexibility index (Phi) is 7.81. The molecule has 2 aliphatic heterocycles. The Bertz CT molecular complexity index is 1180. The molecule has 2 heterocycles. The molecule has 0 spiro atoms. The van der Waals surface area contributed by atoms with E-state index in [1.807, 2.05) is 60.7 Å². The van der Waals surface area contributed by atoms with Crippen molar-refractivity contribution in [3.8, 4) is 0 Å². The molecular formula is C25H24N4O6S. The van der Waals surface area contributed by atoms with Crippen molar-refractivity contribution in [3.63, 3.8) is 0 Å². The van der Waals surface area contributed by atoms with E-state index in [2.05, 4.69) is 15.3 Å². The Morgan fingerprint density at radius 2 is 1.75 bits per heavy atom. The fourth-order valence-corrected chi connectivity index (χ4v) is 5.03. The maximum atomic E-state index is 13.6. The van der Waals surface area contributed by atoms with Crippen LogP contribution in [0.15, 0.2) is 77.0 Å². The smallest absolute Gasteiger partial charge is 0.398 e. The molecule has 0 bridgehead atoms. The second-order valence-corrected chi connectivity index (χ2v) is 8.94. The molecular weight excluding hydrogens is 484 g/mol. The van der Waals surface area contributed by atoms with Crippen LogP contribution >= 0.6 is 11.8 Å². The van der Waals surface area contributed by atoms with Gasteiger partial charge in [-0.3, -0.25) is 14.5 Å². The van der Waals surface area contributed by atoms with Crippen molar-refractivity contribution >= 4 is 41.7 Å². The van der Waals surface area contributed by atoms with Crippen LogP contribution in [0.25, 0.3) is 0 Å². The summed E-state index contributed by atoms with van der Waals surface area (Å²) in [5.74, 6) is -3.02. The summed E-state index contributed by atoms with van der Waals surface area (Å²) in [5.41, 5.74) is 9.84. The van der Waals surface area contributed by atoms with E-state index >= 15 is 0 Å². The number of fused-ring (bicyclic) bond motifs is 1. The lowest BCUT2D eigenvalue weighted by molar-refractivity contribution is -0.154. The van der Waals surface area contributed by atoms with Crippen LogP contribution in [-0.4, -0.2) is 58.6 Å². The van der Waals surface area contributed by atoms with Gasteiger partial charge in [-0.1, -0.05) is 60.7 Å². The van der Waals surface area contributed by atoms with Crippen LogP contribution in [0.3, 0.4) is 0 Å². The van der Waals surface area contributed by atoms with Crippen LogP contribution in [0, 0.1) is 0 Å². The minimum Gasteiger partial charge on any atom is -0.459 e. The molecule has 0 aliphatic carbocycles. The Labute approximate surface area is 211 Å². The Balaban J connectivity index is 1.64. The highest BCUT2D eigenvalue weighted by atomic mass is 32.2. The molecule has 2 aromatic rings. The summed E-state index contributed by atoms with van der Waals surface area (Å²) in [5, 5.41) is 3.36. The fourth-order valence-electron chi connectivity index (χ4n) is 3.79. The van der Waals surface area contributed by atoms with Gasteiger partial charge in [0.05, 0.1) is 12.8 Å². The lowest BCUT2D eigenvalue weighted by atomic mass is 10.0. The molecule has 36 heavy (non-hydrogen) atoms. The summed E-state index contributed by atoms with van der Waals surface area (Å²) >= 11 is 1.36. The first-order chi connectivity index (χ1) is 17.4. The number of nitrogens with two attached hydrogens (primary N) is 1. The van der Waals surface area contributed by atoms with Gasteiger partial charge in [-0.2, -0.15) is 5.10 Å². The first kappa shape index (κ1) is 25.1. The number of β-lactam (4-membered cyclic amide) rings is 1. The molecule has 0 radical (unpaired) electrons. The van der Waals surface area contributed by atoms with Gasteiger partial charge in [0.25, 0.3) is 0 Å². The van der Waals surface area contributed by atoms with Gasteiger partial charge in [0.15, 0.2) is 6.10 Å². The van der Waals surface area contributed by atoms with Crippen molar-refractivity contribution in [2.45, 2.75) is 24.4 Å². The SMILES string of the molecule is CCOC(=O)C(=O)NN=CC1=C(C(=O)OC(c2ccccc2)c2ccccc2)N2C(=O)C(N)[C@H]2SC1. The Morgan fingerprint density at radius 3 is 2.33 bits per heavy atom. The number of thioether (sulfide) groups is 1. The minimum atomic E-state index is -1.08. The molecule has 3 N–H and O–H groups in total. The fraction of sp³-hybridized carbons (Fsp3) is 0.240. The normalized spacial score (nSPS) is 19.1. The van der Waals surface area contributed by atoms with E-state index < -0.39 is 41.3 Å². The molecule has 2 aromatic carbocycles. The topological polar surface area (TPSA) is 140 Å². The minimum absolute atomic E-state index is 0.00329. The zero-order valence-corrected chi connectivity index (χ0v) is 20.1. The molecule has 2 atom stereocenters. The number of hydrogen-bond donors (Lipinski definition) is 2. The van der Waals surface area contributed by atoms with E-state index in [4.69, 9.17) is 10.5 Å². The van der Waals surface area contributed by atoms with E-state index in [1.54, 1.807) is 6.92 Å². The summed E-state index contributed by atoms with van der Waals surface area (Å²) in [6.07, 6.45) is 0.487. The summed E-state index contributed by atoms with van der Waals surface area (Å²) in [6, 6.07) is 17.7. The van der Waals surface area contributed by atoms with E-state index in [0.29, 0.717) is 5.57 Å². The van der Waals surface area contributed by atoms with E-state index in [-0.39, 0.29) is 18.1 Å². The highest BCUT2D eigenvalue weighted by molar-refractivity contribution is 8.00. The zero-order valence-electron chi connectivity index (χ0n) is 19.3. The number of rotatable bonds is 7. The van der Waals surface area contributed by atoms with Crippen LogP contribution in [-0.2, 0) is 28.7 Å². The summed E-state index contributed by atoms with van der Waals surface area (Å²) < 4.78 is 10.6. The second kappa shape index (κ2) is 11.2. The molecule has 0 saturated carbocycles. The van der Waals surface area contributed by atoms with Gasteiger partial charge in [0, 0.05) is 11.3 Å². The number of ether oxygens (including phenoxy) is 2. The van der Waals surface area contributed by atoms with Crippen molar-refractivity contribution in [2.24, 2.45) is 10.8 Å². The number of hydrogen-bond acceptors (Lipinski definition) is 9. The monoisotopic (exact) mass is 508 g/mol. The number of carbonyl (C=O) groups is 4. The molecule has 1 fully saturated rings. The number of amides is 2. The van der Waals surface area contributed by atoms with Crippen LogP contribution in [0.5, 0.6) is 0 Å². The lowest BCUT2D eigenvalue weighted by Crippen LogP contribution is -2.68. The molecule has 10 nitrogen and oxygen atoms in total. The summed E-state index contributed by atoms with van der Waals surface area (Å²) in [4.78, 5) is 50.7. The number of nitrogens with one attached hydrogen (secondary N) is 1. The molecule has 2 amide bonds. The Hall–Kier alpha value is -3.96. The summed E-state index contributed by atoms with van der Waals surface area (Å²) in [6.45, 7) is 1.61. The predicted octanol–water partition coefficient (Wildman–Crippen LogP) is 1.48. The average molecular weight is 509 g/mol. The van der Waals surface area contributed by atoms with Gasteiger partial charge < -0.3 is 15.2 Å². The molecule has 11 heteroatoms. The molecule has 1 unspecified atom stereocenters. The van der Waals surface area contributed by atoms with Crippen LogP contribution in [0.1, 0.15) is 24.2 Å². The van der Waals surface area contributed by atoms with Gasteiger partial charge in [-0.15, -0.1) is 11.8 Å². The van der Waals surface area contributed by atoms with E-state index in [9.17, 15) is 19.2 Å². The van der Waals surface area contributed by atoms with Gasteiger partial charge >= 0.3 is 17.8 Å². The van der Waals surface area contributed by atoms with Crippen molar-refractivity contribution in [3.05, 3.63) is 83.1 Å².